The predicted octanol–water partition coefficient (Wildman–Crippen LogP) is 2.24. The van der Waals surface area contributed by atoms with Gasteiger partial charge in [0.05, 0.1) is 13.7 Å². The minimum atomic E-state index is -0.173. The molecule has 0 saturated heterocycles. The molecule has 88 valence electrons. The normalized spacial score (nSPS) is 9.24. The van der Waals surface area contributed by atoms with E-state index < -0.39 is 0 Å². The highest BCUT2D eigenvalue weighted by molar-refractivity contribution is 6.05. The monoisotopic (exact) mass is 229 g/mol. The molecule has 0 radical (unpaired) electrons. The Balaban J connectivity index is 3.01. The van der Waals surface area contributed by atoms with Gasteiger partial charge >= 0.3 is 0 Å². The number of rotatable bonds is 4. The van der Waals surface area contributed by atoms with Gasteiger partial charge < -0.3 is 4.74 Å². The van der Waals surface area contributed by atoms with Crippen LogP contribution in [-0.2, 0) is 4.79 Å². The first-order chi connectivity index (χ1) is 8.10. The number of hydrogen-bond acceptors (Lipinski definition) is 2. The smallest absolute Gasteiger partial charge is 0.254 e. The standard InChI is InChI=1S/C14H15NO2/c1-5-10-15(14(16)11(2)3)12-6-8-13(17-4)9-7-12/h1,6-9H,2,10H2,3-4H3. The van der Waals surface area contributed by atoms with Gasteiger partial charge in [0.2, 0.25) is 0 Å². The first-order valence-corrected chi connectivity index (χ1v) is 5.15. The lowest BCUT2D eigenvalue weighted by atomic mass is 10.2. The second kappa shape index (κ2) is 5.76. The summed E-state index contributed by atoms with van der Waals surface area (Å²) in [6, 6.07) is 7.14. The number of amides is 1. The molecule has 0 aliphatic rings. The topological polar surface area (TPSA) is 29.5 Å². The third kappa shape index (κ3) is 3.12. The summed E-state index contributed by atoms with van der Waals surface area (Å²) in [6.45, 7) is 5.52. The summed E-state index contributed by atoms with van der Waals surface area (Å²) in [5.74, 6) is 3.02. The van der Waals surface area contributed by atoms with Crippen LogP contribution in [0.2, 0.25) is 0 Å². The number of hydrogen-bond donors (Lipinski definition) is 0. The molecule has 17 heavy (non-hydrogen) atoms. The van der Waals surface area contributed by atoms with Crippen LogP contribution < -0.4 is 9.64 Å². The van der Waals surface area contributed by atoms with Crippen LogP contribution in [0.3, 0.4) is 0 Å². The van der Waals surface area contributed by atoms with Gasteiger partial charge in [0, 0.05) is 11.3 Å². The summed E-state index contributed by atoms with van der Waals surface area (Å²) >= 11 is 0. The van der Waals surface area contributed by atoms with Gasteiger partial charge in [-0.15, -0.1) is 6.42 Å². The summed E-state index contributed by atoms with van der Waals surface area (Å²) in [4.78, 5) is 13.4. The highest BCUT2D eigenvalue weighted by atomic mass is 16.5. The Morgan fingerprint density at radius 2 is 2.06 bits per heavy atom. The van der Waals surface area contributed by atoms with Crippen molar-refractivity contribution in [2.45, 2.75) is 6.92 Å². The molecule has 0 aliphatic heterocycles. The SMILES string of the molecule is C#CCN(C(=O)C(=C)C)c1ccc(OC)cc1. The molecule has 1 rings (SSSR count). The first kappa shape index (κ1) is 12.9. The summed E-state index contributed by atoms with van der Waals surface area (Å²) in [7, 11) is 1.59. The Kier molecular flexibility index (Phi) is 4.36. The number of benzene rings is 1. The van der Waals surface area contributed by atoms with Gasteiger partial charge in [0.15, 0.2) is 0 Å². The van der Waals surface area contributed by atoms with Crippen molar-refractivity contribution in [2.24, 2.45) is 0 Å². The molecule has 0 saturated carbocycles. The zero-order valence-electron chi connectivity index (χ0n) is 10.1. The van der Waals surface area contributed by atoms with Gasteiger partial charge in [-0.3, -0.25) is 9.69 Å². The lowest BCUT2D eigenvalue weighted by Gasteiger charge is -2.20. The van der Waals surface area contributed by atoms with Crippen LogP contribution in [-0.4, -0.2) is 19.6 Å². The van der Waals surface area contributed by atoms with E-state index in [9.17, 15) is 4.79 Å². The molecule has 0 atom stereocenters. The number of nitrogens with zero attached hydrogens (tertiary/aromatic N) is 1. The molecule has 0 unspecified atom stereocenters. The van der Waals surface area contributed by atoms with Crippen LogP contribution in [0.25, 0.3) is 0 Å². The summed E-state index contributed by atoms with van der Waals surface area (Å²) < 4.78 is 5.06. The number of carbonyl (C=O) groups is 1. The number of ether oxygens (including phenoxy) is 1. The van der Waals surface area contributed by atoms with Crippen LogP contribution >= 0.6 is 0 Å². The Labute approximate surface area is 102 Å². The third-order valence-corrected chi connectivity index (χ3v) is 2.24. The third-order valence-electron chi connectivity index (χ3n) is 2.24. The summed E-state index contributed by atoms with van der Waals surface area (Å²) in [5.41, 5.74) is 1.19. The van der Waals surface area contributed by atoms with Crippen molar-refractivity contribution < 1.29 is 9.53 Å². The molecular weight excluding hydrogens is 214 g/mol. The van der Waals surface area contributed by atoms with Crippen molar-refractivity contribution in [1.29, 1.82) is 0 Å². The van der Waals surface area contributed by atoms with Gasteiger partial charge in [-0.2, -0.15) is 0 Å². The van der Waals surface area contributed by atoms with E-state index in [1.165, 1.54) is 4.90 Å². The molecule has 0 spiro atoms. The Bertz CT molecular complexity index is 454. The fourth-order valence-corrected chi connectivity index (χ4v) is 1.36. The summed E-state index contributed by atoms with van der Waals surface area (Å²) in [5, 5.41) is 0. The maximum Gasteiger partial charge on any atom is 0.254 e. The van der Waals surface area contributed by atoms with Gasteiger partial charge in [0.25, 0.3) is 5.91 Å². The molecule has 0 N–H and O–H groups in total. The predicted molar refractivity (Wildman–Crippen MR) is 69.0 cm³/mol. The fourth-order valence-electron chi connectivity index (χ4n) is 1.36. The van der Waals surface area contributed by atoms with Crippen molar-refractivity contribution in [1.82, 2.24) is 0 Å². The van der Waals surface area contributed by atoms with E-state index >= 15 is 0 Å². The molecule has 0 aromatic heterocycles. The van der Waals surface area contributed by atoms with Gasteiger partial charge in [-0.1, -0.05) is 12.5 Å². The maximum absolute atomic E-state index is 11.9. The van der Waals surface area contributed by atoms with Crippen molar-refractivity contribution >= 4 is 11.6 Å². The van der Waals surface area contributed by atoms with Gasteiger partial charge in [-0.05, 0) is 31.2 Å². The average molecular weight is 229 g/mol. The van der Waals surface area contributed by atoms with Crippen LogP contribution in [0.4, 0.5) is 5.69 Å². The molecule has 0 aliphatic carbocycles. The second-order valence-corrected chi connectivity index (χ2v) is 3.57. The molecule has 3 nitrogen and oxygen atoms in total. The quantitative estimate of drug-likeness (QED) is 0.585. The van der Waals surface area contributed by atoms with E-state index in [1.807, 2.05) is 0 Å². The lowest BCUT2D eigenvalue weighted by molar-refractivity contribution is -0.114. The molecule has 0 bridgehead atoms. The van der Waals surface area contributed by atoms with E-state index in [1.54, 1.807) is 38.3 Å². The Morgan fingerprint density at radius 1 is 1.47 bits per heavy atom. The van der Waals surface area contributed by atoms with Crippen molar-refractivity contribution in [3.8, 4) is 18.1 Å². The zero-order chi connectivity index (χ0) is 12.8. The molecule has 1 aromatic carbocycles. The minimum Gasteiger partial charge on any atom is -0.497 e. The van der Waals surface area contributed by atoms with E-state index in [0.717, 1.165) is 11.4 Å². The first-order valence-electron chi connectivity index (χ1n) is 5.15. The largest absolute Gasteiger partial charge is 0.497 e. The van der Waals surface area contributed by atoms with Crippen molar-refractivity contribution in [3.05, 3.63) is 36.4 Å². The highest BCUT2D eigenvalue weighted by Crippen LogP contribution is 2.20. The van der Waals surface area contributed by atoms with Crippen LogP contribution in [0.5, 0.6) is 5.75 Å². The molecule has 0 fully saturated rings. The van der Waals surface area contributed by atoms with E-state index in [-0.39, 0.29) is 12.5 Å². The van der Waals surface area contributed by atoms with Gasteiger partial charge in [-0.25, -0.2) is 0 Å². The molecule has 1 aromatic rings. The van der Waals surface area contributed by atoms with Gasteiger partial charge in [0.1, 0.15) is 5.75 Å². The minimum absolute atomic E-state index is 0.173. The molecular formula is C14H15NO2. The maximum atomic E-state index is 11.9. The number of carbonyl (C=O) groups excluding carboxylic acids is 1. The number of terminal acetylenes is 1. The second-order valence-electron chi connectivity index (χ2n) is 3.57. The molecule has 3 heteroatoms. The van der Waals surface area contributed by atoms with Crippen LogP contribution in [0.1, 0.15) is 6.92 Å². The van der Waals surface area contributed by atoms with E-state index in [4.69, 9.17) is 11.2 Å². The number of anilines is 1. The van der Waals surface area contributed by atoms with Crippen molar-refractivity contribution in [3.63, 3.8) is 0 Å². The molecule has 0 heterocycles. The van der Waals surface area contributed by atoms with E-state index in [2.05, 4.69) is 12.5 Å². The highest BCUT2D eigenvalue weighted by Gasteiger charge is 2.14. The fraction of sp³-hybridized carbons (Fsp3) is 0.214. The zero-order valence-corrected chi connectivity index (χ0v) is 10.1. The molecule has 1 amide bonds. The Morgan fingerprint density at radius 3 is 2.47 bits per heavy atom. The van der Waals surface area contributed by atoms with Crippen molar-refractivity contribution in [2.75, 3.05) is 18.6 Å². The number of methoxy groups -OCH3 is 1. The van der Waals surface area contributed by atoms with Crippen LogP contribution in [0.15, 0.2) is 36.4 Å². The van der Waals surface area contributed by atoms with Crippen LogP contribution in [0, 0.1) is 12.3 Å². The Hall–Kier alpha value is -2.21. The summed E-state index contributed by atoms with van der Waals surface area (Å²) in [6.07, 6.45) is 5.26. The lowest BCUT2D eigenvalue weighted by Crippen LogP contribution is -2.31. The van der Waals surface area contributed by atoms with E-state index in [0.29, 0.717) is 5.57 Å². The average Bonchev–Trinajstić information content (AvgIpc) is 2.35.